The number of hydrogen-bond acceptors (Lipinski definition) is 5. The molecule has 0 aliphatic rings. The predicted octanol–water partition coefficient (Wildman–Crippen LogP) is 6.92. The number of benzene rings is 3. The third kappa shape index (κ3) is 4.32. The van der Waals surface area contributed by atoms with Crippen molar-refractivity contribution in [2.75, 3.05) is 0 Å². The Morgan fingerprint density at radius 1 is 0.912 bits per heavy atom. The molecule has 0 spiro atoms. The largest absolute Gasteiger partial charge is 0.489 e. The maximum absolute atomic E-state index is 11.5. The molecule has 3 aromatic carbocycles. The first kappa shape index (κ1) is 21.9. The first-order chi connectivity index (χ1) is 16.5. The van der Waals surface area contributed by atoms with Crippen molar-refractivity contribution in [3.63, 3.8) is 0 Å². The van der Waals surface area contributed by atoms with E-state index in [0.717, 1.165) is 54.9 Å². The quantitative estimate of drug-likeness (QED) is 0.280. The Kier molecular flexibility index (Phi) is 5.90. The minimum Gasteiger partial charge on any atom is -0.489 e. The standard InChI is InChI=1S/C28H23NO4S/c1-17-24(12-13-25-26(17)18(2)27(34-25)28(30)31)33-15-19-6-5-8-22(14-19)32-16-21-11-10-20-7-3-4-9-23(20)29-21/h3-14H,15-16H2,1-2H3,(H,30,31). The fourth-order valence-corrected chi connectivity index (χ4v) is 5.22. The summed E-state index contributed by atoms with van der Waals surface area (Å²) in [4.78, 5) is 16.5. The van der Waals surface area contributed by atoms with Gasteiger partial charge in [0.2, 0.25) is 0 Å². The molecule has 5 rings (SSSR count). The van der Waals surface area contributed by atoms with Crippen molar-refractivity contribution in [3.8, 4) is 11.5 Å². The fraction of sp³-hybridized carbons (Fsp3) is 0.143. The van der Waals surface area contributed by atoms with Crippen molar-refractivity contribution in [2.24, 2.45) is 0 Å². The van der Waals surface area contributed by atoms with Crippen LogP contribution in [0.15, 0.2) is 72.8 Å². The van der Waals surface area contributed by atoms with Crippen molar-refractivity contribution >= 4 is 38.3 Å². The highest BCUT2D eigenvalue weighted by Gasteiger charge is 2.17. The molecule has 0 bridgehead atoms. The Morgan fingerprint density at radius 3 is 2.62 bits per heavy atom. The number of nitrogens with zero attached hydrogens (tertiary/aromatic N) is 1. The molecule has 0 fully saturated rings. The molecule has 5 aromatic rings. The Balaban J connectivity index is 1.28. The van der Waals surface area contributed by atoms with Gasteiger partial charge in [0, 0.05) is 15.5 Å². The molecule has 0 saturated heterocycles. The second-order valence-corrected chi connectivity index (χ2v) is 9.20. The second kappa shape index (κ2) is 9.15. The number of carboxylic acid groups (broad SMARTS) is 1. The third-order valence-electron chi connectivity index (χ3n) is 5.83. The minimum absolute atomic E-state index is 0.376. The number of pyridine rings is 1. The summed E-state index contributed by atoms with van der Waals surface area (Å²) in [6.45, 7) is 4.59. The molecule has 2 heterocycles. The predicted molar refractivity (Wildman–Crippen MR) is 135 cm³/mol. The Labute approximate surface area is 201 Å². The molecular weight excluding hydrogens is 446 g/mol. The number of carbonyl (C=O) groups is 1. The van der Waals surface area contributed by atoms with E-state index in [-0.39, 0.29) is 0 Å². The minimum atomic E-state index is -0.892. The van der Waals surface area contributed by atoms with Crippen LogP contribution in [0.2, 0.25) is 0 Å². The van der Waals surface area contributed by atoms with Crippen LogP contribution in [0.3, 0.4) is 0 Å². The van der Waals surface area contributed by atoms with Gasteiger partial charge in [-0.25, -0.2) is 9.78 Å². The van der Waals surface area contributed by atoms with Crippen molar-refractivity contribution in [2.45, 2.75) is 27.1 Å². The van der Waals surface area contributed by atoms with Gasteiger partial charge in [-0.15, -0.1) is 11.3 Å². The molecule has 2 aromatic heterocycles. The van der Waals surface area contributed by atoms with E-state index in [1.807, 2.05) is 80.6 Å². The molecule has 1 N–H and O–H groups in total. The molecule has 5 nitrogen and oxygen atoms in total. The number of fused-ring (bicyclic) bond motifs is 2. The van der Waals surface area contributed by atoms with Crippen LogP contribution in [-0.4, -0.2) is 16.1 Å². The van der Waals surface area contributed by atoms with E-state index in [4.69, 9.17) is 9.47 Å². The SMILES string of the molecule is Cc1c(OCc2cccc(OCc3ccc4ccccc4n3)c2)ccc2sc(C(=O)O)c(C)c12. The first-order valence-electron chi connectivity index (χ1n) is 10.9. The Bertz CT molecular complexity index is 1520. The van der Waals surface area contributed by atoms with Crippen LogP contribution in [0.5, 0.6) is 11.5 Å². The molecular formula is C28H23NO4S. The van der Waals surface area contributed by atoms with Gasteiger partial charge in [0.25, 0.3) is 0 Å². The average molecular weight is 470 g/mol. The zero-order chi connectivity index (χ0) is 23.7. The smallest absolute Gasteiger partial charge is 0.346 e. The summed E-state index contributed by atoms with van der Waals surface area (Å²) in [5.41, 5.74) is 4.55. The maximum atomic E-state index is 11.5. The van der Waals surface area contributed by atoms with Gasteiger partial charge in [-0.05, 0) is 66.9 Å². The van der Waals surface area contributed by atoms with Crippen LogP contribution in [0.25, 0.3) is 21.0 Å². The molecule has 0 amide bonds. The summed E-state index contributed by atoms with van der Waals surface area (Å²) in [5, 5.41) is 11.5. The fourth-order valence-electron chi connectivity index (χ4n) is 4.11. The molecule has 0 aliphatic heterocycles. The number of para-hydroxylation sites is 1. The number of hydrogen-bond donors (Lipinski definition) is 1. The number of rotatable bonds is 7. The highest BCUT2D eigenvalue weighted by molar-refractivity contribution is 7.21. The van der Waals surface area contributed by atoms with Crippen LogP contribution in [0, 0.1) is 13.8 Å². The van der Waals surface area contributed by atoms with Gasteiger partial charge in [-0.1, -0.05) is 36.4 Å². The molecule has 34 heavy (non-hydrogen) atoms. The van der Waals surface area contributed by atoms with E-state index < -0.39 is 5.97 Å². The van der Waals surface area contributed by atoms with Crippen molar-refractivity contribution in [1.82, 2.24) is 4.98 Å². The van der Waals surface area contributed by atoms with Gasteiger partial charge in [0.15, 0.2) is 0 Å². The van der Waals surface area contributed by atoms with Gasteiger partial charge in [0.05, 0.1) is 11.2 Å². The van der Waals surface area contributed by atoms with Gasteiger partial charge in [-0.2, -0.15) is 0 Å². The van der Waals surface area contributed by atoms with Gasteiger partial charge >= 0.3 is 5.97 Å². The average Bonchev–Trinajstić information content (AvgIpc) is 3.20. The lowest BCUT2D eigenvalue weighted by Crippen LogP contribution is -2.00. The number of aromatic carboxylic acids is 1. The van der Waals surface area contributed by atoms with E-state index in [9.17, 15) is 9.90 Å². The summed E-state index contributed by atoms with van der Waals surface area (Å²) >= 11 is 1.30. The van der Waals surface area contributed by atoms with E-state index in [1.54, 1.807) is 0 Å². The highest BCUT2D eigenvalue weighted by Crippen LogP contribution is 2.37. The summed E-state index contributed by atoms with van der Waals surface area (Å²) in [6.07, 6.45) is 0. The molecule has 0 saturated carbocycles. The normalized spacial score (nSPS) is 11.1. The monoisotopic (exact) mass is 469 g/mol. The molecule has 0 atom stereocenters. The van der Waals surface area contributed by atoms with Crippen LogP contribution in [-0.2, 0) is 13.2 Å². The second-order valence-electron chi connectivity index (χ2n) is 8.14. The summed E-state index contributed by atoms with van der Waals surface area (Å²) < 4.78 is 13.1. The molecule has 0 aliphatic carbocycles. The van der Waals surface area contributed by atoms with E-state index in [1.165, 1.54) is 11.3 Å². The molecule has 6 heteroatoms. The summed E-state index contributed by atoms with van der Waals surface area (Å²) in [7, 11) is 0. The Hall–Kier alpha value is -3.90. The van der Waals surface area contributed by atoms with Crippen LogP contribution in [0.1, 0.15) is 32.1 Å². The zero-order valence-corrected chi connectivity index (χ0v) is 19.7. The maximum Gasteiger partial charge on any atom is 0.346 e. The third-order valence-corrected chi connectivity index (χ3v) is 7.08. The van der Waals surface area contributed by atoms with Gasteiger partial charge < -0.3 is 14.6 Å². The van der Waals surface area contributed by atoms with Gasteiger partial charge in [0.1, 0.15) is 29.6 Å². The number of aryl methyl sites for hydroxylation is 2. The van der Waals surface area contributed by atoms with E-state index in [0.29, 0.717) is 18.1 Å². The summed E-state index contributed by atoms with van der Waals surface area (Å²) in [6, 6.07) is 23.7. The van der Waals surface area contributed by atoms with E-state index >= 15 is 0 Å². The number of ether oxygens (including phenoxy) is 2. The van der Waals surface area contributed by atoms with Crippen molar-refractivity contribution < 1.29 is 19.4 Å². The lowest BCUT2D eigenvalue weighted by molar-refractivity contribution is 0.0701. The lowest BCUT2D eigenvalue weighted by atomic mass is 10.1. The Morgan fingerprint density at radius 2 is 1.76 bits per heavy atom. The number of thiophene rings is 1. The highest BCUT2D eigenvalue weighted by atomic mass is 32.1. The van der Waals surface area contributed by atoms with Crippen LogP contribution in [0.4, 0.5) is 0 Å². The summed E-state index contributed by atoms with van der Waals surface area (Å²) in [5.74, 6) is 0.608. The number of aromatic nitrogens is 1. The van der Waals surface area contributed by atoms with Gasteiger partial charge in [-0.3, -0.25) is 0 Å². The molecule has 170 valence electrons. The molecule has 0 radical (unpaired) electrons. The number of carboxylic acids is 1. The lowest BCUT2D eigenvalue weighted by Gasteiger charge is -2.12. The van der Waals surface area contributed by atoms with Crippen LogP contribution >= 0.6 is 11.3 Å². The van der Waals surface area contributed by atoms with Crippen molar-refractivity contribution in [1.29, 1.82) is 0 Å². The molecule has 0 unspecified atom stereocenters. The van der Waals surface area contributed by atoms with Crippen LogP contribution < -0.4 is 9.47 Å². The zero-order valence-electron chi connectivity index (χ0n) is 18.9. The topological polar surface area (TPSA) is 68.7 Å². The first-order valence-corrected chi connectivity index (χ1v) is 11.8. The van der Waals surface area contributed by atoms with Crippen molar-refractivity contribution in [3.05, 3.63) is 100 Å². The van der Waals surface area contributed by atoms with E-state index in [2.05, 4.69) is 11.1 Å².